The number of hydrogen-bond acceptors (Lipinski definition) is 2. The molecule has 0 amide bonds. The van der Waals surface area contributed by atoms with E-state index in [1.165, 1.54) is 4.90 Å². The Morgan fingerprint density at radius 3 is 2.17 bits per heavy atom. The Labute approximate surface area is 109 Å². The van der Waals surface area contributed by atoms with E-state index < -0.39 is 12.7 Å². The third kappa shape index (κ3) is 8.75. The van der Waals surface area contributed by atoms with Crippen LogP contribution in [0.15, 0.2) is 0 Å². The summed E-state index contributed by atoms with van der Waals surface area (Å²) in [7, 11) is 0. The first-order valence-electron chi connectivity index (χ1n) is 6.81. The van der Waals surface area contributed by atoms with Crippen LogP contribution in [0.25, 0.3) is 0 Å². The van der Waals surface area contributed by atoms with E-state index in [2.05, 4.69) is 6.92 Å². The SMILES string of the molecule is CCC(CCN)CCCN(CC(F)(F)F)C(C)C. The summed E-state index contributed by atoms with van der Waals surface area (Å²) >= 11 is 0. The van der Waals surface area contributed by atoms with E-state index in [9.17, 15) is 13.2 Å². The van der Waals surface area contributed by atoms with Crippen molar-refractivity contribution in [3.8, 4) is 0 Å². The lowest BCUT2D eigenvalue weighted by molar-refractivity contribution is -0.149. The molecule has 0 heterocycles. The van der Waals surface area contributed by atoms with Crippen LogP contribution in [0.4, 0.5) is 13.2 Å². The Morgan fingerprint density at radius 1 is 1.17 bits per heavy atom. The number of hydrogen-bond donors (Lipinski definition) is 1. The Hall–Kier alpha value is -0.290. The molecule has 0 bridgehead atoms. The predicted octanol–water partition coefficient (Wildman–Crippen LogP) is 3.41. The highest BCUT2D eigenvalue weighted by molar-refractivity contribution is 4.68. The van der Waals surface area contributed by atoms with Crippen LogP contribution in [0.2, 0.25) is 0 Å². The van der Waals surface area contributed by atoms with Crippen molar-refractivity contribution < 1.29 is 13.2 Å². The Balaban J connectivity index is 4.04. The molecular formula is C13H27F3N2. The van der Waals surface area contributed by atoms with E-state index in [0.717, 1.165) is 25.7 Å². The van der Waals surface area contributed by atoms with Crippen LogP contribution in [0.1, 0.15) is 46.5 Å². The molecule has 2 N–H and O–H groups in total. The molecule has 0 aliphatic heterocycles. The Morgan fingerprint density at radius 2 is 1.78 bits per heavy atom. The van der Waals surface area contributed by atoms with Crippen molar-refractivity contribution in [2.45, 2.75) is 58.7 Å². The van der Waals surface area contributed by atoms with Gasteiger partial charge in [-0.15, -0.1) is 0 Å². The molecule has 0 aromatic rings. The van der Waals surface area contributed by atoms with Crippen LogP contribution in [0.3, 0.4) is 0 Å². The van der Waals surface area contributed by atoms with E-state index in [1.54, 1.807) is 0 Å². The van der Waals surface area contributed by atoms with Crippen molar-refractivity contribution in [1.29, 1.82) is 0 Å². The van der Waals surface area contributed by atoms with Crippen LogP contribution in [-0.2, 0) is 0 Å². The molecule has 5 heteroatoms. The fourth-order valence-electron chi connectivity index (χ4n) is 2.12. The summed E-state index contributed by atoms with van der Waals surface area (Å²) in [5.74, 6) is 0.551. The molecule has 0 saturated heterocycles. The third-order valence-corrected chi connectivity index (χ3v) is 3.32. The van der Waals surface area contributed by atoms with Gasteiger partial charge in [0, 0.05) is 6.04 Å². The lowest BCUT2D eigenvalue weighted by Crippen LogP contribution is -2.39. The molecule has 0 saturated carbocycles. The van der Waals surface area contributed by atoms with Gasteiger partial charge in [-0.3, -0.25) is 4.90 Å². The van der Waals surface area contributed by atoms with Gasteiger partial charge in [0.1, 0.15) is 0 Å². The minimum Gasteiger partial charge on any atom is -0.330 e. The highest BCUT2D eigenvalue weighted by Crippen LogP contribution is 2.20. The van der Waals surface area contributed by atoms with E-state index in [1.807, 2.05) is 13.8 Å². The average Bonchev–Trinajstić information content (AvgIpc) is 2.24. The summed E-state index contributed by atoms with van der Waals surface area (Å²) in [4.78, 5) is 1.50. The zero-order valence-electron chi connectivity index (χ0n) is 11.8. The highest BCUT2D eigenvalue weighted by atomic mass is 19.4. The number of nitrogens with two attached hydrogens (primary N) is 1. The van der Waals surface area contributed by atoms with Gasteiger partial charge < -0.3 is 5.73 Å². The van der Waals surface area contributed by atoms with E-state index in [4.69, 9.17) is 5.73 Å². The van der Waals surface area contributed by atoms with Gasteiger partial charge in [0.2, 0.25) is 0 Å². The molecule has 0 spiro atoms. The maximum Gasteiger partial charge on any atom is 0.401 e. The molecule has 0 aliphatic carbocycles. The van der Waals surface area contributed by atoms with E-state index in [-0.39, 0.29) is 6.04 Å². The molecule has 1 unspecified atom stereocenters. The molecule has 1 atom stereocenters. The summed E-state index contributed by atoms with van der Waals surface area (Å²) in [6, 6.07) is -0.0683. The lowest BCUT2D eigenvalue weighted by Gasteiger charge is -2.28. The van der Waals surface area contributed by atoms with Gasteiger partial charge >= 0.3 is 6.18 Å². The van der Waals surface area contributed by atoms with E-state index in [0.29, 0.717) is 19.0 Å². The quantitative estimate of drug-likeness (QED) is 0.694. The topological polar surface area (TPSA) is 29.3 Å². The minimum atomic E-state index is -4.11. The summed E-state index contributed by atoms with van der Waals surface area (Å²) in [6.45, 7) is 6.09. The van der Waals surface area contributed by atoms with Gasteiger partial charge in [0.05, 0.1) is 6.54 Å². The molecule has 0 fully saturated rings. The third-order valence-electron chi connectivity index (χ3n) is 3.32. The van der Waals surface area contributed by atoms with Gasteiger partial charge in [-0.25, -0.2) is 0 Å². The lowest BCUT2D eigenvalue weighted by atomic mass is 9.96. The molecule has 0 aromatic heterocycles. The zero-order valence-corrected chi connectivity index (χ0v) is 11.8. The molecule has 0 aromatic carbocycles. The highest BCUT2D eigenvalue weighted by Gasteiger charge is 2.31. The van der Waals surface area contributed by atoms with Gasteiger partial charge in [0.25, 0.3) is 0 Å². The van der Waals surface area contributed by atoms with Crippen LogP contribution >= 0.6 is 0 Å². The number of rotatable bonds is 9. The minimum absolute atomic E-state index is 0.0683. The standard InChI is InChI=1S/C13H27F3N2/c1-4-12(7-8-17)6-5-9-18(11(2)3)10-13(14,15)16/h11-12H,4-10,17H2,1-3H3. The smallest absolute Gasteiger partial charge is 0.330 e. The van der Waals surface area contributed by atoms with Crippen molar-refractivity contribution >= 4 is 0 Å². The summed E-state index contributed by atoms with van der Waals surface area (Å²) < 4.78 is 37.1. The van der Waals surface area contributed by atoms with Gasteiger partial charge in [0.15, 0.2) is 0 Å². The fraction of sp³-hybridized carbons (Fsp3) is 1.00. The zero-order chi connectivity index (χ0) is 14.2. The predicted molar refractivity (Wildman–Crippen MR) is 69.5 cm³/mol. The van der Waals surface area contributed by atoms with E-state index >= 15 is 0 Å². The first-order valence-corrected chi connectivity index (χ1v) is 6.81. The van der Waals surface area contributed by atoms with Crippen LogP contribution in [-0.4, -0.2) is 36.8 Å². The molecule has 0 radical (unpaired) electrons. The van der Waals surface area contributed by atoms with Crippen molar-refractivity contribution in [3.63, 3.8) is 0 Å². The van der Waals surface area contributed by atoms with Gasteiger partial charge in [-0.1, -0.05) is 13.3 Å². The van der Waals surface area contributed by atoms with Crippen LogP contribution < -0.4 is 5.73 Å². The second-order valence-corrected chi connectivity index (χ2v) is 5.17. The largest absolute Gasteiger partial charge is 0.401 e. The Bertz CT molecular complexity index is 205. The average molecular weight is 268 g/mol. The van der Waals surface area contributed by atoms with Crippen molar-refractivity contribution in [3.05, 3.63) is 0 Å². The maximum atomic E-state index is 12.4. The Kier molecular flexibility index (Phi) is 8.61. The summed E-state index contributed by atoms with van der Waals surface area (Å²) in [5, 5.41) is 0. The first kappa shape index (κ1) is 17.7. The fourth-order valence-corrected chi connectivity index (χ4v) is 2.12. The number of alkyl halides is 3. The normalized spacial score (nSPS) is 14.5. The first-order chi connectivity index (χ1) is 8.30. The number of nitrogens with zero attached hydrogens (tertiary/aromatic N) is 1. The number of halogens is 3. The molecule has 2 nitrogen and oxygen atoms in total. The van der Waals surface area contributed by atoms with Crippen molar-refractivity contribution in [2.75, 3.05) is 19.6 Å². The molecule has 18 heavy (non-hydrogen) atoms. The molecule has 110 valence electrons. The molecule has 0 aliphatic rings. The van der Waals surface area contributed by atoms with Crippen LogP contribution in [0, 0.1) is 5.92 Å². The second-order valence-electron chi connectivity index (χ2n) is 5.17. The van der Waals surface area contributed by atoms with Crippen LogP contribution in [0.5, 0.6) is 0 Å². The van der Waals surface area contributed by atoms with Gasteiger partial charge in [-0.05, 0) is 52.1 Å². The summed E-state index contributed by atoms with van der Waals surface area (Å²) in [5.41, 5.74) is 5.51. The molecule has 0 rings (SSSR count). The van der Waals surface area contributed by atoms with Crippen molar-refractivity contribution in [2.24, 2.45) is 11.7 Å². The van der Waals surface area contributed by atoms with Crippen molar-refractivity contribution in [1.82, 2.24) is 4.90 Å². The molecular weight excluding hydrogens is 241 g/mol. The summed E-state index contributed by atoms with van der Waals surface area (Å²) in [6.07, 6.45) is -0.303. The van der Waals surface area contributed by atoms with Gasteiger partial charge in [-0.2, -0.15) is 13.2 Å². The monoisotopic (exact) mass is 268 g/mol. The second kappa shape index (κ2) is 8.75. The maximum absolute atomic E-state index is 12.4.